The number of nitrogens with zero attached hydrogens (tertiary/aromatic N) is 2. The summed E-state index contributed by atoms with van der Waals surface area (Å²) >= 11 is 12.4. The number of benzene rings is 2. The highest BCUT2D eigenvalue weighted by molar-refractivity contribution is 7.86. The van der Waals surface area contributed by atoms with Crippen LogP contribution in [0.3, 0.4) is 0 Å². The molecule has 0 aromatic heterocycles. The van der Waals surface area contributed by atoms with Gasteiger partial charge in [0.15, 0.2) is 0 Å². The largest absolute Gasteiger partial charge is 0.466 e. The van der Waals surface area contributed by atoms with Crippen LogP contribution in [0.1, 0.15) is 11.5 Å². The number of rotatable bonds is 5. The van der Waals surface area contributed by atoms with Crippen LogP contribution in [0.5, 0.6) is 0 Å². The molecule has 1 aliphatic heterocycles. The van der Waals surface area contributed by atoms with E-state index in [1.807, 2.05) is 6.07 Å². The highest BCUT2D eigenvalue weighted by Crippen LogP contribution is 2.45. The number of carbonyl (C=O) groups is 2. The van der Waals surface area contributed by atoms with Crippen molar-refractivity contribution in [3.8, 4) is 6.07 Å². The van der Waals surface area contributed by atoms with Gasteiger partial charge in [0.25, 0.3) is 10.1 Å². The van der Waals surface area contributed by atoms with E-state index >= 15 is 0 Å². The van der Waals surface area contributed by atoms with Gasteiger partial charge in [-0.05, 0) is 17.7 Å². The first-order valence-corrected chi connectivity index (χ1v) is 11.8. The summed E-state index contributed by atoms with van der Waals surface area (Å²) in [4.78, 5) is 26.3. The molecule has 0 spiro atoms. The maximum atomic E-state index is 13.0. The highest BCUT2D eigenvalue weighted by atomic mass is 35.5. The smallest absolute Gasteiger partial charge is 0.355 e. The Hall–Kier alpha value is -3.56. The molecule has 3 N–H and O–H groups in total. The maximum Gasteiger partial charge on any atom is 0.355 e. The number of carbonyl (C=O) groups excluding carboxylic acids is 2. The molecule has 0 saturated carbocycles. The van der Waals surface area contributed by atoms with Crippen molar-refractivity contribution in [3.05, 3.63) is 80.7 Å². The number of halogens is 2. The molecule has 1 heterocycles. The summed E-state index contributed by atoms with van der Waals surface area (Å²) in [7, 11) is -2.59. The number of methoxy groups -OCH3 is 2. The van der Waals surface area contributed by atoms with Crippen LogP contribution < -0.4 is 10.6 Å². The molecule has 0 amide bonds. The molecule has 1 aliphatic rings. The topological polar surface area (TPSA) is 160 Å². The molecule has 35 heavy (non-hydrogen) atoms. The van der Waals surface area contributed by atoms with Crippen molar-refractivity contribution in [1.29, 1.82) is 5.26 Å². The number of anilines is 1. The standard InChI is InChI=1S/C22H17Cl2N3O7S/c1-33-21(28)18-17(11-6-4-3-5-7-11)12(10-25)20(26)27(19(18)22(29)34-2)15-8-14(24)16(9-13(15)23)35(30,31)32/h3-9,17H,26H2,1-2H3,(H,30,31,32). The zero-order chi connectivity index (χ0) is 26.1. The summed E-state index contributed by atoms with van der Waals surface area (Å²) in [5.74, 6) is -3.39. The zero-order valence-electron chi connectivity index (χ0n) is 18.2. The Bertz CT molecular complexity index is 1430. The summed E-state index contributed by atoms with van der Waals surface area (Å²) in [6, 6.07) is 12.1. The first kappa shape index (κ1) is 26.1. The molecule has 13 heteroatoms. The van der Waals surface area contributed by atoms with Gasteiger partial charge >= 0.3 is 11.9 Å². The first-order chi connectivity index (χ1) is 16.5. The molecular formula is C22H17Cl2N3O7S. The third kappa shape index (κ3) is 4.69. The third-order valence-corrected chi connectivity index (χ3v) is 6.75. The average Bonchev–Trinajstić information content (AvgIpc) is 2.83. The van der Waals surface area contributed by atoms with Gasteiger partial charge in [0.2, 0.25) is 0 Å². The molecule has 0 saturated heterocycles. The van der Waals surface area contributed by atoms with E-state index in [2.05, 4.69) is 0 Å². The summed E-state index contributed by atoms with van der Waals surface area (Å²) in [6.07, 6.45) is 0. The number of nitriles is 1. The van der Waals surface area contributed by atoms with Crippen molar-refractivity contribution in [2.45, 2.75) is 10.8 Å². The van der Waals surface area contributed by atoms with Gasteiger partial charge in [0.1, 0.15) is 16.4 Å². The van der Waals surface area contributed by atoms with E-state index in [1.54, 1.807) is 30.3 Å². The first-order valence-electron chi connectivity index (χ1n) is 9.60. The molecule has 2 aromatic rings. The Kier molecular flexibility index (Phi) is 7.42. The van der Waals surface area contributed by atoms with Crippen LogP contribution >= 0.6 is 23.2 Å². The molecule has 0 aliphatic carbocycles. The van der Waals surface area contributed by atoms with Crippen LogP contribution in [0.2, 0.25) is 10.0 Å². The number of ether oxygens (including phenoxy) is 2. The molecule has 1 unspecified atom stereocenters. The van der Waals surface area contributed by atoms with Crippen molar-refractivity contribution in [2.75, 3.05) is 19.1 Å². The lowest BCUT2D eigenvalue weighted by Gasteiger charge is -2.36. The fourth-order valence-electron chi connectivity index (χ4n) is 3.65. The molecule has 182 valence electrons. The van der Waals surface area contributed by atoms with Gasteiger partial charge in [0.05, 0.1) is 53.1 Å². The fraction of sp³-hybridized carbons (Fsp3) is 0.136. The molecule has 0 fully saturated rings. The van der Waals surface area contributed by atoms with Gasteiger partial charge < -0.3 is 15.2 Å². The number of nitrogens with two attached hydrogens (primary N) is 1. The van der Waals surface area contributed by atoms with Gasteiger partial charge in [-0.2, -0.15) is 13.7 Å². The van der Waals surface area contributed by atoms with Crippen molar-refractivity contribution < 1.29 is 32.0 Å². The van der Waals surface area contributed by atoms with Crippen LogP contribution in [-0.4, -0.2) is 39.1 Å². The van der Waals surface area contributed by atoms with Gasteiger partial charge in [-0.1, -0.05) is 53.5 Å². The quantitative estimate of drug-likeness (QED) is 0.428. The summed E-state index contributed by atoms with van der Waals surface area (Å²) in [5, 5.41) is 9.22. The maximum absolute atomic E-state index is 13.0. The second-order valence-corrected chi connectivity index (χ2v) is 9.25. The van der Waals surface area contributed by atoms with Gasteiger partial charge in [-0.25, -0.2) is 9.59 Å². The van der Waals surface area contributed by atoms with E-state index in [-0.39, 0.29) is 27.7 Å². The predicted octanol–water partition coefficient (Wildman–Crippen LogP) is 3.14. The highest BCUT2D eigenvalue weighted by Gasteiger charge is 2.43. The minimum absolute atomic E-state index is 0.129. The fourth-order valence-corrected chi connectivity index (χ4v) is 4.99. The SMILES string of the molecule is COC(=O)C1=C(C(=O)OC)N(c2cc(Cl)c(S(=O)(=O)O)cc2Cl)C(N)=C(C#N)C1c1ccccc1. The Morgan fingerprint density at radius 3 is 2.20 bits per heavy atom. The number of hydrogen-bond donors (Lipinski definition) is 2. The zero-order valence-corrected chi connectivity index (χ0v) is 20.5. The van der Waals surface area contributed by atoms with Crippen molar-refractivity contribution in [3.63, 3.8) is 0 Å². The number of hydrogen-bond acceptors (Lipinski definition) is 9. The molecule has 0 radical (unpaired) electrons. The van der Waals surface area contributed by atoms with Crippen molar-refractivity contribution in [1.82, 2.24) is 0 Å². The van der Waals surface area contributed by atoms with E-state index in [4.69, 9.17) is 38.4 Å². The van der Waals surface area contributed by atoms with E-state index in [9.17, 15) is 27.8 Å². The van der Waals surface area contributed by atoms with Gasteiger partial charge in [-0.3, -0.25) is 9.45 Å². The van der Waals surface area contributed by atoms with Crippen LogP contribution in [0.4, 0.5) is 5.69 Å². The summed E-state index contributed by atoms with van der Waals surface area (Å²) < 4.78 is 42.5. The molecule has 0 bridgehead atoms. The second-order valence-electron chi connectivity index (χ2n) is 7.04. The Balaban J connectivity index is 2.46. The van der Waals surface area contributed by atoms with E-state index in [0.717, 1.165) is 31.3 Å². The molecule has 3 rings (SSSR count). The number of allylic oxidation sites excluding steroid dienone is 1. The molecular weight excluding hydrogens is 521 g/mol. The minimum Gasteiger partial charge on any atom is -0.466 e. The Labute approximate surface area is 210 Å². The van der Waals surface area contributed by atoms with E-state index in [0.29, 0.717) is 5.56 Å². The van der Waals surface area contributed by atoms with E-state index in [1.165, 1.54) is 0 Å². The summed E-state index contributed by atoms with van der Waals surface area (Å²) in [6.45, 7) is 0. The average molecular weight is 538 g/mol. The molecule has 10 nitrogen and oxygen atoms in total. The lowest BCUT2D eigenvalue weighted by Crippen LogP contribution is -2.41. The lowest BCUT2D eigenvalue weighted by molar-refractivity contribution is -0.139. The third-order valence-electron chi connectivity index (χ3n) is 5.13. The van der Waals surface area contributed by atoms with Gasteiger partial charge in [-0.15, -0.1) is 0 Å². The predicted molar refractivity (Wildman–Crippen MR) is 126 cm³/mol. The van der Waals surface area contributed by atoms with E-state index < -0.39 is 43.6 Å². The van der Waals surface area contributed by atoms with Crippen LogP contribution in [0.15, 0.2) is 70.0 Å². The molecule has 1 atom stereocenters. The van der Waals surface area contributed by atoms with Crippen LogP contribution in [-0.2, 0) is 29.2 Å². The summed E-state index contributed by atoms with van der Waals surface area (Å²) in [5.41, 5.74) is 5.80. The monoisotopic (exact) mass is 537 g/mol. The Morgan fingerprint density at radius 2 is 1.69 bits per heavy atom. The minimum atomic E-state index is -4.75. The normalized spacial score (nSPS) is 16.1. The second kappa shape index (κ2) is 9.97. The van der Waals surface area contributed by atoms with Crippen molar-refractivity contribution >= 4 is 50.9 Å². The number of esters is 2. The van der Waals surface area contributed by atoms with Crippen molar-refractivity contribution in [2.24, 2.45) is 5.73 Å². The van der Waals surface area contributed by atoms with Crippen LogP contribution in [0.25, 0.3) is 0 Å². The lowest BCUT2D eigenvalue weighted by atomic mass is 9.81. The Morgan fingerprint density at radius 1 is 1.09 bits per heavy atom. The molecule has 2 aromatic carbocycles. The van der Waals surface area contributed by atoms with Crippen LogP contribution in [0, 0.1) is 11.3 Å². The van der Waals surface area contributed by atoms with Gasteiger partial charge in [0, 0.05) is 0 Å².